The molecule has 2 rings (SSSR count). The molecule has 2 N–H and O–H groups in total. The highest BCUT2D eigenvalue weighted by Crippen LogP contribution is 2.12. The van der Waals surface area contributed by atoms with E-state index < -0.39 is 6.04 Å². The SMILES string of the molecule is COc1ccc(CCNC(=O)C(NC(=O)c2cccs2)C(C)C)cc1. The molecule has 0 radical (unpaired) electrons. The molecule has 0 bridgehead atoms. The van der Waals surface area contributed by atoms with Gasteiger partial charge in [-0.15, -0.1) is 11.3 Å². The fourth-order valence-corrected chi connectivity index (χ4v) is 3.01. The summed E-state index contributed by atoms with van der Waals surface area (Å²) < 4.78 is 5.13. The van der Waals surface area contributed by atoms with Crippen molar-refractivity contribution in [2.45, 2.75) is 26.3 Å². The normalized spacial score (nSPS) is 11.8. The van der Waals surface area contributed by atoms with E-state index in [1.54, 1.807) is 13.2 Å². The van der Waals surface area contributed by atoms with Crippen molar-refractivity contribution in [3.8, 4) is 5.75 Å². The zero-order valence-corrected chi connectivity index (χ0v) is 15.6. The van der Waals surface area contributed by atoms with Crippen LogP contribution in [0.4, 0.5) is 0 Å². The molecule has 1 heterocycles. The quantitative estimate of drug-likeness (QED) is 0.761. The molecule has 0 aliphatic carbocycles. The highest BCUT2D eigenvalue weighted by Gasteiger charge is 2.24. The standard InChI is InChI=1S/C19H24N2O3S/c1-13(2)17(21-18(22)16-5-4-12-25-16)19(23)20-11-10-14-6-8-15(24-3)9-7-14/h4-9,12-13,17H,10-11H2,1-3H3,(H,20,23)(H,21,22). The number of methoxy groups -OCH3 is 1. The molecule has 0 spiro atoms. The van der Waals surface area contributed by atoms with Gasteiger partial charge in [0.25, 0.3) is 5.91 Å². The van der Waals surface area contributed by atoms with Gasteiger partial charge in [-0.05, 0) is 41.5 Å². The first kappa shape index (κ1) is 19.0. The second-order valence-corrected chi connectivity index (χ2v) is 7.01. The van der Waals surface area contributed by atoms with E-state index in [-0.39, 0.29) is 17.7 Å². The lowest BCUT2D eigenvalue weighted by molar-refractivity contribution is -0.123. The van der Waals surface area contributed by atoms with E-state index in [2.05, 4.69) is 10.6 Å². The van der Waals surface area contributed by atoms with Crippen LogP contribution < -0.4 is 15.4 Å². The molecule has 0 saturated heterocycles. The third-order valence-corrected chi connectivity index (χ3v) is 4.72. The van der Waals surface area contributed by atoms with Gasteiger partial charge in [-0.3, -0.25) is 9.59 Å². The lowest BCUT2D eigenvalue weighted by Gasteiger charge is -2.21. The Morgan fingerprint density at radius 1 is 1.16 bits per heavy atom. The van der Waals surface area contributed by atoms with Gasteiger partial charge in [0.05, 0.1) is 12.0 Å². The summed E-state index contributed by atoms with van der Waals surface area (Å²) in [6.45, 7) is 4.36. The van der Waals surface area contributed by atoms with Gasteiger partial charge in [0, 0.05) is 6.54 Å². The number of hydrogen-bond acceptors (Lipinski definition) is 4. The number of carbonyl (C=O) groups is 2. The van der Waals surface area contributed by atoms with Crippen LogP contribution >= 0.6 is 11.3 Å². The first-order valence-corrected chi connectivity index (χ1v) is 9.14. The number of carbonyl (C=O) groups excluding carboxylic acids is 2. The number of amides is 2. The van der Waals surface area contributed by atoms with Crippen molar-refractivity contribution >= 4 is 23.2 Å². The lowest BCUT2D eigenvalue weighted by Crippen LogP contribution is -2.49. The Kier molecular flexibility index (Phi) is 7.01. The monoisotopic (exact) mass is 360 g/mol. The van der Waals surface area contributed by atoms with Gasteiger partial charge in [-0.2, -0.15) is 0 Å². The van der Waals surface area contributed by atoms with Crippen LogP contribution in [-0.4, -0.2) is 31.5 Å². The summed E-state index contributed by atoms with van der Waals surface area (Å²) in [4.78, 5) is 25.2. The molecular formula is C19H24N2O3S. The van der Waals surface area contributed by atoms with Crippen LogP contribution in [0.15, 0.2) is 41.8 Å². The molecule has 25 heavy (non-hydrogen) atoms. The molecular weight excluding hydrogens is 336 g/mol. The summed E-state index contributed by atoms with van der Waals surface area (Å²) in [5, 5.41) is 7.58. The summed E-state index contributed by atoms with van der Waals surface area (Å²) in [5.74, 6) is 0.446. The van der Waals surface area contributed by atoms with E-state index >= 15 is 0 Å². The van der Waals surface area contributed by atoms with Crippen molar-refractivity contribution in [3.63, 3.8) is 0 Å². The second-order valence-electron chi connectivity index (χ2n) is 6.06. The second kappa shape index (κ2) is 9.22. The molecule has 0 aliphatic rings. The molecule has 6 heteroatoms. The summed E-state index contributed by atoms with van der Waals surface area (Å²) in [6, 6.07) is 10.8. The predicted octanol–water partition coefficient (Wildman–Crippen LogP) is 2.87. The van der Waals surface area contributed by atoms with Crippen molar-refractivity contribution in [3.05, 3.63) is 52.2 Å². The van der Waals surface area contributed by atoms with Crippen LogP contribution in [0, 0.1) is 5.92 Å². The van der Waals surface area contributed by atoms with Gasteiger partial charge in [0.1, 0.15) is 11.8 Å². The number of nitrogens with one attached hydrogen (secondary N) is 2. The maximum atomic E-state index is 12.4. The average Bonchev–Trinajstić information content (AvgIpc) is 3.14. The smallest absolute Gasteiger partial charge is 0.262 e. The fraction of sp³-hybridized carbons (Fsp3) is 0.368. The molecule has 0 fully saturated rings. The molecule has 2 aromatic rings. The first-order chi connectivity index (χ1) is 12.0. The molecule has 1 aromatic heterocycles. The van der Waals surface area contributed by atoms with Gasteiger partial charge in [0.2, 0.25) is 5.91 Å². The van der Waals surface area contributed by atoms with Crippen molar-refractivity contribution in [1.29, 1.82) is 0 Å². The Balaban J connectivity index is 1.86. The topological polar surface area (TPSA) is 67.4 Å². The van der Waals surface area contributed by atoms with Crippen molar-refractivity contribution in [2.75, 3.05) is 13.7 Å². The highest BCUT2D eigenvalue weighted by atomic mass is 32.1. The van der Waals surface area contributed by atoms with Crippen molar-refractivity contribution < 1.29 is 14.3 Å². The maximum Gasteiger partial charge on any atom is 0.262 e. The fourth-order valence-electron chi connectivity index (χ4n) is 2.39. The van der Waals surface area contributed by atoms with Crippen molar-refractivity contribution in [1.82, 2.24) is 10.6 Å². The molecule has 5 nitrogen and oxygen atoms in total. The zero-order chi connectivity index (χ0) is 18.2. The minimum atomic E-state index is -0.550. The Hall–Kier alpha value is -2.34. The maximum absolute atomic E-state index is 12.4. The van der Waals surface area contributed by atoms with Crippen LogP contribution in [-0.2, 0) is 11.2 Å². The largest absolute Gasteiger partial charge is 0.497 e. The third-order valence-electron chi connectivity index (χ3n) is 3.85. The Morgan fingerprint density at radius 3 is 2.44 bits per heavy atom. The average molecular weight is 360 g/mol. The first-order valence-electron chi connectivity index (χ1n) is 8.26. The summed E-state index contributed by atoms with van der Waals surface area (Å²) >= 11 is 1.36. The number of benzene rings is 1. The number of ether oxygens (including phenoxy) is 1. The Labute approximate surface area is 152 Å². The van der Waals surface area contributed by atoms with Crippen molar-refractivity contribution in [2.24, 2.45) is 5.92 Å². The molecule has 1 unspecified atom stereocenters. The molecule has 2 amide bonds. The van der Waals surface area contributed by atoms with E-state index in [0.717, 1.165) is 17.7 Å². The minimum Gasteiger partial charge on any atom is -0.497 e. The van der Waals surface area contributed by atoms with E-state index in [0.29, 0.717) is 11.4 Å². The molecule has 1 aromatic carbocycles. The number of hydrogen-bond donors (Lipinski definition) is 2. The van der Waals surface area contributed by atoms with Gasteiger partial charge >= 0.3 is 0 Å². The molecule has 0 aliphatic heterocycles. The molecule has 134 valence electrons. The van der Waals surface area contributed by atoms with Gasteiger partial charge in [-0.1, -0.05) is 32.0 Å². The predicted molar refractivity (Wildman–Crippen MR) is 100 cm³/mol. The Bertz CT molecular complexity index is 681. The van der Waals surface area contributed by atoms with E-state index in [1.807, 2.05) is 49.6 Å². The van der Waals surface area contributed by atoms with Crippen LogP contribution in [0.3, 0.4) is 0 Å². The molecule has 0 saturated carbocycles. The van der Waals surface area contributed by atoms with Crippen LogP contribution in [0.5, 0.6) is 5.75 Å². The number of thiophene rings is 1. The van der Waals surface area contributed by atoms with Crippen LogP contribution in [0.25, 0.3) is 0 Å². The summed E-state index contributed by atoms with van der Waals surface area (Å²) in [5.41, 5.74) is 1.12. The van der Waals surface area contributed by atoms with Crippen LogP contribution in [0.1, 0.15) is 29.1 Å². The van der Waals surface area contributed by atoms with Gasteiger partial charge in [0.15, 0.2) is 0 Å². The minimum absolute atomic E-state index is 0.00454. The van der Waals surface area contributed by atoms with Gasteiger partial charge < -0.3 is 15.4 Å². The molecule has 1 atom stereocenters. The van der Waals surface area contributed by atoms with Crippen LogP contribution in [0.2, 0.25) is 0 Å². The number of rotatable bonds is 8. The third kappa shape index (κ3) is 5.60. The Morgan fingerprint density at radius 2 is 1.88 bits per heavy atom. The van der Waals surface area contributed by atoms with Gasteiger partial charge in [-0.25, -0.2) is 0 Å². The van der Waals surface area contributed by atoms with E-state index in [4.69, 9.17) is 4.74 Å². The van der Waals surface area contributed by atoms with E-state index in [9.17, 15) is 9.59 Å². The zero-order valence-electron chi connectivity index (χ0n) is 14.7. The highest BCUT2D eigenvalue weighted by molar-refractivity contribution is 7.12. The lowest BCUT2D eigenvalue weighted by atomic mass is 10.0. The summed E-state index contributed by atoms with van der Waals surface area (Å²) in [7, 11) is 1.63. The van der Waals surface area contributed by atoms with E-state index in [1.165, 1.54) is 11.3 Å². The summed E-state index contributed by atoms with van der Waals surface area (Å²) in [6.07, 6.45) is 0.722.